The molecule has 2 amide bonds. The van der Waals surface area contributed by atoms with Gasteiger partial charge in [-0.2, -0.15) is 5.10 Å². The summed E-state index contributed by atoms with van der Waals surface area (Å²) in [7, 11) is 0. The summed E-state index contributed by atoms with van der Waals surface area (Å²) in [5.74, 6) is 1.73. The fourth-order valence-corrected chi connectivity index (χ4v) is 5.84. The van der Waals surface area contributed by atoms with Crippen LogP contribution in [0.2, 0.25) is 0 Å². The minimum absolute atomic E-state index is 0.154. The first-order valence-electron chi connectivity index (χ1n) is 11.9. The van der Waals surface area contributed by atoms with E-state index in [1.807, 2.05) is 11.6 Å². The first-order valence-corrected chi connectivity index (χ1v) is 11.9. The Bertz CT molecular complexity index is 823. The van der Waals surface area contributed by atoms with Crippen molar-refractivity contribution in [2.75, 3.05) is 26.2 Å². The number of aromatic nitrogens is 2. The highest BCUT2D eigenvalue weighted by Crippen LogP contribution is 2.41. The molecule has 2 bridgehead atoms. The van der Waals surface area contributed by atoms with Crippen molar-refractivity contribution in [1.82, 2.24) is 24.9 Å². The number of carbonyl (C=O) groups is 3. The third kappa shape index (κ3) is 5.14. The molecule has 0 radical (unpaired) electrons. The highest BCUT2D eigenvalue weighted by Gasteiger charge is 2.49. The lowest BCUT2D eigenvalue weighted by Crippen LogP contribution is -2.67. The smallest absolute Gasteiger partial charge is 0.290 e. The molecule has 0 aromatic carbocycles. The van der Waals surface area contributed by atoms with E-state index in [1.54, 1.807) is 0 Å². The van der Waals surface area contributed by atoms with Crippen LogP contribution in [0.15, 0.2) is 12.3 Å². The summed E-state index contributed by atoms with van der Waals surface area (Å²) in [6.45, 7) is 6.39. The molecule has 1 aromatic heterocycles. The molecule has 1 aliphatic carbocycles. The number of carbonyl (C=O) groups excluding carboxylic acids is 2. The van der Waals surface area contributed by atoms with Crippen LogP contribution in [-0.2, 0) is 20.9 Å². The zero-order valence-corrected chi connectivity index (χ0v) is 18.9. The zero-order valence-electron chi connectivity index (χ0n) is 18.9. The van der Waals surface area contributed by atoms with E-state index in [1.165, 1.54) is 6.42 Å². The SMILES string of the molecule is Cc1ccn(CCN2C[C@H]3C[C@@H](C2)[C@H](CNC(=O)C2CC2)N2C(=O)CCC[C@@H]32)n1.O=CO. The molecule has 3 saturated heterocycles. The Labute approximate surface area is 189 Å². The molecule has 32 heavy (non-hydrogen) atoms. The second-order valence-corrected chi connectivity index (χ2v) is 9.69. The quantitative estimate of drug-likeness (QED) is 0.636. The highest BCUT2D eigenvalue weighted by atomic mass is 16.3. The number of piperidine rings is 3. The number of rotatable bonds is 6. The molecule has 1 aromatic rings. The molecule has 4 heterocycles. The van der Waals surface area contributed by atoms with Gasteiger partial charge in [0.25, 0.3) is 6.47 Å². The molecule has 4 fully saturated rings. The fourth-order valence-electron chi connectivity index (χ4n) is 5.84. The second-order valence-electron chi connectivity index (χ2n) is 9.69. The third-order valence-electron chi connectivity index (χ3n) is 7.43. The van der Waals surface area contributed by atoms with Gasteiger partial charge in [0.15, 0.2) is 0 Å². The monoisotopic (exact) mass is 445 g/mol. The molecule has 0 spiro atoms. The number of aryl methyl sites for hydroxylation is 1. The van der Waals surface area contributed by atoms with Gasteiger partial charge in [-0.15, -0.1) is 0 Å². The van der Waals surface area contributed by atoms with Crippen LogP contribution < -0.4 is 5.32 Å². The molecule has 4 aliphatic rings. The number of fused-ring (bicyclic) bond motifs is 4. The summed E-state index contributed by atoms with van der Waals surface area (Å²) in [6, 6.07) is 2.56. The summed E-state index contributed by atoms with van der Waals surface area (Å²) in [4.78, 5) is 38.2. The van der Waals surface area contributed by atoms with E-state index in [0.29, 0.717) is 36.8 Å². The molecule has 1 saturated carbocycles. The number of nitrogens with one attached hydrogen (secondary N) is 1. The number of carboxylic acid groups (broad SMARTS) is 1. The van der Waals surface area contributed by atoms with Crippen molar-refractivity contribution in [3.63, 3.8) is 0 Å². The van der Waals surface area contributed by atoms with E-state index in [9.17, 15) is 9.59 Å². The average Bonchev–Trinajstić information content (AvgIpc) is 3.54. The van der Waals surface area contributed by atoms with E-state index in [0.717, 1.165) is 57.6 Å². The summed E-state index contributed by atoms with van der Waals surface area (Å²) in [5, 5.41) is 14.6. The maximum atomic E-state index is 12.8. The molecule has 176 valence electrons. The van der Waals surface area contributed by atoms with Gasteiger partial charge in [0, 0.05) is 50.8 Å². The molecule has 9 heteroatoms. The van der Waals surface area contributed by atoms with Crippen molar-refractivity contribution < 1.29 is 19.5 Å². The molecule has 9 nitrogen and oxygen atoms in total. The number of hydrogen-bond acceptors (Lipinski definition) is 5. The number of hydrogen-bond donors (Lipinski definition) is 2. The predicted molar refractivity (Wildman–Crippen MR) is 118 cm³/mol. The van der Waals surface area contributed by atoms with Crippen LogP contribution in [0.5, 0.6) is 0 Å². The largest absolute Gasteiger partial charge is 0.483 e. The Morgan fingerprint density at radius 1 is 1.25 bits per heavy atom. The summed E-state index contributed by atoms with van der Waals surface area (Å²) in [6.07, 6.45) is 8.08. The molecule has 0 unspecified atom stereocenters. The standard InChI is InChI=1S/C22H33N5O2.CH2O2/c1-15-7-8-26(24-15)10-9-25-13-17-11-18(14-25)20(12-23-22(29)16-5-6-16)27-19(17)3-2-4-21(27)28;2-1-3/h7-8,16-20H,2-6,9-14H2,1H3,(H,23,29);1H,(H,2,3)/t17-,18+,19+,20+;/m1./s1. The molecule has 4 atom stereocenters. The third-order valence-corrected chi connectivity index (χ3v) is 7.43. The van der Waals surface area contributed by atoms with E-state index < -0.39 is 0 Å². The molecule has 3 aliphatic heterocycles. The van der Waals surface area contributed by atoms with Crippen LogP contribution in [0.3, 0.4) is 0 Å². The average molecular weight is 446 g/mol. The topological polar surface area (TPSA) is 108 Å². The van der Waals surface area contributed by atoms with Gasteiger partial charge < -0.3 is 20.2 Å². The van der Waals surface area contributed by atoms with Crippen LogP contribution in [0.1, 0.15) is 44.2 Å². The summed E-state index contributed by atoms with van der Waals surface area (Å²) in [5.41, 5.74) is 1.06. The zero-order chi connectivity index (χ0) is 22.7. The van der Waals surface area contributed by atoms with Crippen molar-refractivity contribution >= 4 is 18.3 Å². The lowest BCUT2D eigenvalue weighted by atomic mass is 9.72. The van der Waals surface area contributed by atoms with Crippen molar-refractivity contribution in [3.05, 3.63) is 18.0 Å². The Balaban J connectivity index is 0.000000775. The maximum Gasteiger partial charge on any atom is 0.290 e. The van der Waals surface area contributed by atoms with Crippen LogP contribution in [-0.4, -0.2) is 81.2 Å². The maximum absolute atomic E-state index is 12.8. The Morgan fingerprint density at radius 2 is 2.00 bits per heavy atom. The van der Waals surface area contributed by atoms with Crippen LogP contribution in [0, 0.1) is 24.7 Å². The van der Waals surface area contributed by atoms with E-state index in [-0.39, 0.29) is 24.3 Å². The van der Waals surface area contributed by atoms with Gasteiger partial charge in [-0.25, -0.2) is 0 Å². The molecular formula is C23H35N5O4. The van der Waals surface area contributed by atoms with Crippen molar-refractivity contribution in [2.24, 2.45) is 17.8 Å². The number of nitrogens with zero attached hydrogens (tertiary/aromatic N) is 4. The second kappa shape index (κ2) is 10.0. The Hall–Kier alpha value is -2.42. The fraction of sp³-hybridized carbons (Fsp3) is 0.739. The lowest BCUT2D eigenvalue weighted by Gasteiger charge is -2.56. The summed E-state index contributed by atoms with van der Waals surface area (Å²) >= 11 is 0. The first-order chi connectivity index (χ1) is 15.5. The number of amides is 2. The van der Waals surface area contributed by atoms with Gasteiger partial charge in [-0.1, -0.05) is 0 Å². The van der Waals surface area contributed by atoms with Gasteiger partial charge >= 0.3 is 0 Å². The Morgan fingerprint density at radius 3 is 2.69 bits per heavy atom. The summed E-state index contributed by atoms with van der Waals surface area (Å²) < 4.78 is 2.03. The van der Waals surface area contributed by atoms with Crippen LogP contribution >= 0.6 is 0 Å². The van der Waals surface area contributed by atoms with Gasteiger partial charge in [0.1, 0.15) is 0 Å². The van der Waals surface area contributed by atoms with Crippen molar-refractivity contribution in [3.8, 4) is 0 Å². The van der Waals surface area contributed by atoms with Crippen LogP contribution in [0.4, 0.5) is 0 Å². The van der Waals surface area contributed by atoms with Crippen molar-refractivity contribution in [1.29, 1.82) is 0 Å². The lowest BCUT2D eigenvalue weighted by molar-refractivity contribution is -0.153. The molecule has 2 N–H and O–H groups in total. The minimum Gasteiger partial charge on any atom is -0.483 e. The van der Waals surface area contributed by atoms with Gasteiger partial charge in [-0.3, -0.25) is 19.1 Å². The van der Waals surface area contributed by atoms with E-state index in [2.05, 4.69) is 32.5 Å². The highest BCUT2D eigenvalue weighted by molar-refractivity contribution is 5.81. The van der Waals surface area contributed by atoms with Gasteiger partial charge in [0.2, 0.25) is 11.8 Å². The first kappa shape index (κ1) is 22.8. The van der Waals surface area contributed by atoms with Crippen LogP contribution in [0.25, 0.3) is 0 Å². The van der Waals surface area contributed by atoms with E-state index >= 15 is 0 Å². The molecular weight excluding hydrogens is 410 g/mol. The molecule has 5 rings (SSSR count). The van der Waals surface area contributed by atoms with Gasteiger partial charge in [0.05, 0.1) is 18.3 Å². The number of likely N-dealkylation sites (tertiary alicyclic amines) is 1. The normalized spacial score (nSPS) is 29.5. The van der Waals surface area contributed by atoms with Crippen molar-refractivity contribution in [2.45, 2.75) is 64.1 Å². The Kier molecular flexibility index (Phi) is 7.13. The van der Waals surface area contributed by atoms with E-state index in [4.69, 9.17) is 9.90 Å². The minimum atomic E-state index is -0.250. The van der Waals surface area contributed by atoms with Gasteiger partial charge in [-0.05, 0) is 56.9 Å². The predicted octanol–water partition coefficient (Wildman–Crippen LogP) is 1.12.